The monoisotopic (exact) mass is 239 g/mol. The largest absolute Gasteiger partial charge is 0.331 e. The van der Waals surface area contributed by atoms with Gasteiger partial charge in [-0.05, 0) is 38.0 Å². The van der Waals surface area contributed by atoms with Crippen LogP contribution in [-0.2, 0) is 7.05 Å². The van der Waals surface area contributed by atoms with E-state index in [9.17, 15) is 4.79 Å². The summed E-state index contributed by atoms with van der Waals surface area (Å²) in [4.78, 5) is 16.7. The van der Waals surface area contributed by atoms with Crippen molar-refractivity contribution >= 4 is 16.8 Å². The molecule has 0 atom stereocenters. The highest BCUT2D eigenvalue weighted by Crippen LogP contribution is 2.47. The van der Waals surface area contributed by atoms with Crippen LogP contribution in [0.5, 0.6) is 0 Å². The summed E-state index contributed by atoms with van der Waals surface area (Å²) in [6.45, 7) is 1.93. The SMILES string of the molecule is Cc1nc2cc(C(=O)C3(C#N)CC3)ccc2n1C. The molecule has 0 N–H and O–H groups in total. The normalized spacial score (nSPS) is 16.5. The van der Waals surface area contributed by atoms with E-state index in [1.54, 1.807) is 12.1 Å². The van der Waals surface area contributed by atoms with Gasteiger partial charge in [0.2, 0.25) is 0 Å². The number of nitriles is 1. The summed E-state index contributed by atoms with van der Waals surface area (Å²) < 4.78 is 1.99. The van der Waals surface area contributed by atoms with Gasteiger partial charge in [-0.15, -0.1) is 0 Å². The highest BCUT2D eigenvalue weighted by atomic mass is 16.1. The molecule has 1 fully saturated rings. The van der Waals surface area contributed by atoms with Gasteiger partial charge in [-0.3, -0.25) is 4.79 Å². The highest BCUT2D eigenvalue weighted by Gasteiger charge is 2.50. The maximum atomic E-state index is 12.2. The van der Waals surface area contributed by atoms with Crippen LogP contribution in [-0.4, -0.2) is 15.3 Å². The molecule has 0 unspecified atom stereocenters. The van der Waals surface area contributed by atoms with Crippen LogP contribution < -0.4 is 0 Å². The third-order valence-corrected chi connectivity index (χ3v) is 3.77. The lowest BCUT2D eigenvalue weighted by Gasteiger charge is -2.04. The number of benzene rings is 1. The molecule has 18 heavy (non-hydrogen) atoms. The van der Waals surface area contributed by atoms with E-state index in [1.807, 2.05) is 24.6 Å². The fourth-order valence-electron chi connectivity index (χ4n) is 2.25. The first-order valence-corrected chi connectivity index (χ1v) is 5.96. The van der Waals surface area contributed by atoms with E-state index in [0.29, 0.717) is 18.4 Å². The van der Waals surface area contributed by atoms with Crippen molar-refractivity contribution in [3.63, 3.8) is 0 Å². The smallest absolute Gasteiger partial charge is 0.183 e. The van der Waals surface area contributed by atoms with Crippen molar-refractivity contribution in [2.24, 2.45) is 12.5 Å². The Morgan fingerprint density at radius 3 is 2.83 bits per heavy atom. The van der Waals surface area contributed by atoms with Crippen molar-refractivity contribution in [1.82, 2.24) is 9.55 Å². The Bertz CT molecular complexity index is 702. The first-order valence-electron chi connectivity index (χ1n) is 5.96. The van der Waals surface area contributed by atoms with Crippen molar-refractivity contribution in [2.45, 2.75) is 19.8 Å². The third kappa shape index (κ3) is 1.37. The minimum Gasteiger partial charge on any atom is -0.331 e. The van der Waals surface area contributed by atoms with Crippen LogP contribution in [0.1, 0.15) is 29.0 Å². The molecule has 1 saturated carbocycles. The molecular formula is C14H13N3O. The Balaban J connectivity index is 2.10. The lowest BCUT2D eigenvalue weighted by molar-refractivity contribution is 0.0935. The Hall–Kier alpha value is -2.15. The molecule has 90 valence electrons. The molecule has 0 radical (unpaired) electrons. The number of aryl methyl sites for hydroxylation is 2. The average Bonchev–Trinajstić information content (AvgIpc) is 3.12. The molecule has 2 aromatic rings. The number of hydrogen-bond donors (Lipinski definition) is 0. The number of Topliss-reactive ketones (excluding diaryl/α,β-unsaturated/α-hetero) is 1. The summed E-state index contributed by atoms with van der Waals surface area (Å²) in [7, 11) is 1.95. The predicted octanol–water partition coefficient (Wildman–Crippen LogP) is 2.37. The predicted molar refractivity (Wildman–Crippen MR) is 67.1 cm³/mol. The van der Waals surface area contributed by atoms with E-state index in [2.05, 4.69) is 11.1 Å². The number of carbonyl (C=O) groups excluding carboxylic acids is 1. The van der Waals surface area contributed by atoms with Crippen molar-refractivity contribution < 1.29 is 4.79 Å². The summed E-state index contributed by atoms with van der Waals surface area (Å²) >= 11 is 0. The zero-order valence-electron chi connectivity index (χ0n) is 10.4. The van der Waals surface area contributed by atoms with Gasteiger partial charge < -0.3 is 4.57 Å². The zero-order valence-corrected chi connectivity index (χ0v) is 10.4. The molecule has 4 nitrogen and oxygen atoms in total. The molecular weight excluding hydrogens is 226 g/mol. The topological polar surface area (TPSA) is 58.7 Å². The lowest BCUT2D eigenvalue weighted by Crippen LogP contribution is -2.13. The van der Waals surface area contributed by atoms with Crippen molar-refractivity contribution in [1.29, 1.82) is 5.26 Å². The van der Waals surface area contributed by atoms with Gasteiger partial charge >= 0.3 is 0 Å². The summed E-state index contributed by atoms with van der Waals surface area (Å²) in [6.07, 6.45) is 1.36. The van der Waals surface area contributed by atoms with Gasteiger partial charge in [-0.2, -0.15) is 5.26 Å². The van der Waals surface area contributed by atoms with E-state index in [0.717, 1.165) is 16.9 Å². The maximum absolute atomic E-state index is 12.2. The summed E-state index contributed by atoms with van der Waals surface area (Å²) in [5, 5.41) is 9.06. The Morgan fingerprint density at radius 1 is 1.50 bits per heavy atom. The van der Waals surface area contributed by atoms with Crippen LogP contribution in [0.4, 0.5) is 0 Å². The molecule has 1 aromatic heterocycles. The van der Waals surface area contributed by atoms with E-state index in [1.165, 1.54) is 0 Å². The van der Waals surface area contributed by atoms with Crippen LogP contribution in [0.2, 0.25) is 0 Å². The number of carbonyl (C=O) groups is 1. The first kappa shape index (κ1) is 11.0. The second-order valence-corrected chi connectivity index (χ2v) is 4.94. The molecule has 0 spiro atoms. The second-order valence-electron chi connectivity index (χ2n) is 4.94. The molecule has 4 heteroatoms. The Labute approximate surface area is 105 Å². The highest BCUT2D eigenvalue weighted by molar-refractivity contribution is 6.05. The number of fused-ring (bicyclic) bond motifs is 1. The van der Waals surface area contributed by atoms with Crippen LogP contribution in [0.25, 0.3) is 11.0 Å². The average molecular weight is 239 g/mol. The lowest BCUT2D eigenvalue weighted by atomic mass is 9.96. The van der Waals surface area contributed by atoms with Gasteiger partial charge in [0.25, 0.3) is 0 Å². The number of nitrogens with zero attached hydrogens (tertiary/aromatic N) is 3. The van der Waals surface area contributed by atoms with Crippen LogP contribution in [0.15, 0.2) is 18.2 Å². The molecule has 1 aliphatic carbocycles. The van der Waals surface area contributed by atoms with Crippen molar-refractivity contribution in [2.75, 3.05) is 0 Å². The van der Waals surface area contributed by atoms with Gasteiger partial charge in [0, 0.05) is 12.6 Å². The number of imidazole rings is 1. The Kier molecular flexibility index (Phi) is 2.09. The number of aromatic nitrogens is 2. The minimum absolute atomic E-state index is 0.0600. The van der Waals surface area contributed by atoms with Crippen molar-refractivity contribution in [3.8, 4) is 6.07 Å². The second kappa shape index (κ2) is 3.42. The van der Waals surface area contributed by atoms with Gasteiger partial charge in [0.05, 0.1) is 17.1 Å². The number of rotatable bonds is 2. The quantitative estimate of drug-likeness (QED) is 0.756. The summed E-state index contributed by atoms with van der Waals surface area (Å²) in [5.41, 5.74) is 1.66. The first-order chi connectivity index (χ1) is 8.57. The molecule has 1 heterocycles. The minimum atomic E-state index is -0.752. The van der Waals surface area contributed by atoms with Crippen LogP contribution >= 0.6 is 0 Å². The van der Waals surface area contributed by atoms with E-state index < -0.39 is 5.41 Å². The maximum Gasteiger partial charge on any atom is 0.183 e. The van der Waals surface area contributed by atoms with Gasteiger partial charge in [0.1, 0.15) is 11.2 Å². The van der Waals surface area contributed by atoms with Gasteiger partial charge in [0.15, 0.2) is 5.78 Å². The van der Waals surface area contributed by atoms with Crippen molar-refractivity contribution in [3.05, 3.63) is 29.6 Å². The molecule has 3 rings (SSSR count). The van der Waals surface area contributed by atoms with E-state index >= 15 is 0 Å². The third-order valence-electron chi connectivity index (χ3n) is 3.77. The summed E-state index contributed by atoms with van der Waals surface area (Å²) in [5.74, 6) is 0.853. The fraction of sp³-hybridized carbons (Fsp3) is 0.357. The van der Waals surface area contributed by atoms with Gasteiger partial charge in [-0.25, -0.2) is 4.98 Å². The number of hydrogen-bond acceptors (Lipinski definition) is 3. The fourth-order valence-corrected chi connectivity index (χ4v) is 2.25. The van der Waals surface area contributed by atoms with Gasteiger partial charge in [-0.1, -0.05) is 0 Å². The molecule has 0 amide bonds. The summed E-state index contributed by atoms with van der Waals surface area (Å²) in [6, 6.07) is 7.63. The zero-order chi connectivity index (χ0) is 12.9. The number of ketones is 1. The van der Waals surface area contributed by atoms with Crippen LogP contribution in [0.3, 0.4) is 0 Å². The van der Waals surface area contributed by atoms with Crippen LogP contribution in [0, 0.1) is 23.7 Å². The standard InChI is InChI=1S/C14H13N3O/c1-9-16-11-7-10(3-4-12(11)17(9)2)13(18)14(8-15)5-6-14/h3-4,7H,5-6H2,1-2H3. The van der Waals surface area contributed by atoms with E-state index in [-0.39, 0.29) is 5.78 Å². The Morgan fingerprint density at radius 2 is 2.22 bits per heavy atom. The van der Waals surface area contributed by atoms with E-state index in [4.69, 9.17) is 5.26 Å². The molecule has 1 aromatic carbocycles. The molecule has 1 aliphatic rings. The molecule has 0 aliphatic heterocycles. The molecule has 0 saturated heterocycles. The molecule has 0 bridgehead atoms.